The second-order valence-corrected chi connectivity index (χ2v) is 5.43. The van der Waals surface area contributed by atoms with Crippen molar-refractivity contribution in [2.45, 2.75) is 25.4 Å². The molecule has 2 aromatic rings. The lowest BCUT2D eigenvalue weighted by atomic mass is 10.1. The fourth-order valence-electron chi connectivity index (χ4n) is 2.40. The highest BCUT2D eigenvalue weighted by atomic mass is 16.6. The van der Waals surface area contributed by atoms with Crippen LogP contribution >= 0.6 is 0 Å². The lowest BCUT2D eigenvalue weighted by molar-refractivity contribution is -0.385. The lowest BCUT2D eigenvalue weighted by Crippen LogP contribution is -2.30. The third kappa shape index (κ3) is 3.66. The zero-order valence-corrected chi connectivity index (χ0v) is 12.4. The Kier molecular flexibility index (Phi) is 4.23. The molecule has 1 fully saturated rings. The van der Waals surface area contributed by atoms with Gasteiger partial charge in [-0.2, -0.15) is 0 Å². The Morgan fingerprint density at radius 2 is 2.09 bits per heavy atom. The number of furan rings is 1. The van der Waals surface area contributed by atoms with Gasteiger partial charge in [0.1, 0.15) is 5.76 Å². The molecule has 0 N–H and O–H groups in total. The third-order valence-corrected chi connectivity index (χ3v) is 3.72. The quantitative estimate of drug-likeness (QED) is 0.465. The van der Waals surface area contributed by atoms with E-state index in [0.29, 0.717) is 12.1 Å². The van der Waals surface area contributed by atoms with Crippen molar-refractivity contribution >= 4 is 17.7 Å². The van der Waals surface area contributed by atoms with E-state index >= 15 is 0 Å². The van der Waals surface area contributed by atoms with Crippen molar-refractivity contribution in [3.8, 4) is 0 Å². The average molecular weight is 312 g/mol. The Morgan fingerprint density at radius 3 is 2.74 bits per heavy atom. The molecule has 118 valence electrons. The van der Waals surface area contributed by atoms with Gasteiger partial charge in [-0.3, -0.25) is 14.9 Å². The van der Waals surface area contributed by atoms with Gasteiger partial charge in [0.15, 0.2) is 0 Å². The monoisotopic (exact) mass is 312 g/mol. The molecule has 1 amide bonds. The Morgan fingerprint density at radius 1 is 1.30 bits per heavy atom. The van der Waals surface area contributed by atoms with Gasteiger partial charge in [-0.25, -0.2) is 0 Å². The van der Waals surface area contributed by atoms with E-state index in [2.05, 4.69) is 0 Å². The molecule has 0 aliphatic heterocycles. The second kappa shape index (κ2) is 6.48. The van der Waals surface area contributed by atoms with Crippen molar-refractivity contribution in [1.29, 1.82) is 0 Å². The lowest BCUT2D eigenvalue weighted by Gasteiger charge is -2.19. The zero-order valence-electron chi connectivity index (χ0n) is 12.4. The minimum atomic E-state index is -0.453. The van der Waals surface area contributed by atoms with Gasteiger partial charge in [-0.1, -0.05) is 12.1 Å². The first kappa shape index (κ1) is 15.0. The molecule has 0 bridgehead atoms. The smallest absolute Gasteiger partial charge is 0.276 e. The molecular formula is C17H16N2O4. The van der Waals surface area contributed by atoms with Crippen LogP contribution in [0.1, 0.15) is 24.2 Å². The maximum Gasteiger partial charge on any atom is 0.276 e. The summed E-state index contributed by atoms with van der Waals surface area (Å²) in [5, 5.41) is 11.0. The van der Waals surface area contributed by atoms with Crippen molar-refractivity contribution in [3.63, 3.8) is 0 Å². The molecule has 0 unspecified atom stereocenters. The van der Waals surface area contributed by atoms with Crippen LogP contribution < -0.4 is 0 Å². The number of hydrogen-bond donors (Lipinski definition) is 0. The van der Waals surface area contributed by atoms with Crippen LogP contribution in [0.25, 0.3) is 6.08 Å². The number of para-hydroxylation sites is 1. The molecule has 1 aromatic carbocycles. The van der Waals surface area contributed by atoms with Gasteiger partial charge in [0.2, 0.25) is 5.91 Å². The molecule has 1 aliphatic rings. The summed E-state index contributed by atoms with van der Waals surface area (Å²) >= 11 is 0. The van der Waals surface area contributed by atoms with Gasteiger partial charge in [-0.15, -0.1) is 0 Å². The second-order valence-electron chi connectivity index (χ2n) is 5.43. The Bertz CT molecular complexity index is 733. The van der Waals surface area contributed by atoms with E-state index in [4.69, 9.17) is 4.42 Å². The number of hydrogen-bond acceptors (Lipinski definition) is 4. The van der Waals surface area contributed by atoms with Crippen molar-refractivity contribution in [1.82, 2.24) is 4.90 Å². The highest BCUT2D eigenvalue weighted by Gasteiger charge is 2.32. The summed E-state index contributed by atoms with van der Waals surface area (Å²) in [7, 11) is 0. The molecule has 6 heteroatoms. The SMILES string of the molecule is O=C(C=Cc1ccccc1[N+](=O)[O-])N(Cc1ccco1)C1CC1. The summed E-state index contributed by atoms with van der Waals surface area (Å²) in [6.07, 6.45) is 6.42. The van der Waals surface area contributed by atoms with Gasteiger partial charge in [0.25, 0.3) is 5.69 Å². The zero-order chi connectivity index (χ0) is 16.2. The molecule has 0 spiro atoms. The number of carbonyl (C=O) groups excluding carboxylic acids is 1. The van der Waals surface area contributed by atoms with Crippen LogP contribution in [0.5, 0.6) is 0 Å². The summed E-state index contributed by atoms with van der Waals surface area (Å²) < 4.78 is 5.30. The van der Waals surface area contributed by atoms with Crippen LogP contribution in [0.3, 0.4) is 0 Å². The predicted molar refractivity (Wildman–Crippen MR) is 84.4 cm³/mol. The van der Waals surface area contributed by atoms with Gasteiger partial charge >= 0.3 is 0 Å². The molecule has 23 heavy (non-hydrogen) atoms. The van der Waals surface area contributed by atoms with E-state index in [1.54, 1.807) is 35.4 Å². The van der Waals surface area contributed by atoms with Crippen molar-refractivity contribution in [3.05, 3.63) is 70.2 Å². The van der Waals surface area contributed by atoms with Crippen LogP contribution in [0.4, 0.5) is 5.69 Å². The Balaban J connectivity index is 1.75. The van der Waals surface area contributed by atoms with Crippen LogP contribution in [0.15, 0.2) is 53.2 Å². The molecule has 0 atom stereocenters. The van der Waals surface area contributed by atoms with Gasteiger partial charge in [-0.05, 0) is 37.1 Å². The number of benzene rings is 1. The maximum absolute atomic E-state index is 12.4. The van der Waals surface area contributed by atoms with E-state index < -0.39 is 4.92 Å². The largest absolute Gasteiger partial charge is 0.467 e. The number of nitro benzene ring substituents is 1. The van der Waals surface area contributed by atoms with Crippen molar-refractivity contribution in [2.24, 2.45) is 0 Å². The minimum Gasteiger partial charge on any atom is -0.467 e. The van der Waals surface area contributed by atoms with Gasteiger partial charge < -0.3 is 9.32 Å². The third-order valence-electron chi connectivity index (χ3n) is 3.72. The number of amides is 1. The average Bonchev–Trinajstić information content (AvgIpc) is 3.26. The van der Waals surface area contributed by atoms with Crippen LogP contribution in [0, 0.1) is 10.1 Å². The fourth-order valence-corrected chi connectivity index (χ4v) is 2.40. The molecule has 6 nitrogen and oxygen atoms in total. The fraction of sp³-hybridized carbons (Fsp3) is 0.235. The summed E-state index contributed by atoms with van der Waals surface area (Å²) in [5.74, 6) is 0.561. The molecule has 1 heterocycles. The normalized spacial score (nSPS) is 14.1. The summed E-state index contributed by atoms with van der Waals surface area (Å²) in [6.45, 7) is 0.414. The minimum absolute atomic E-state index is 0.0134. The van der Waals surface area contributed by atoms with Crippen molar-refractivity contribution < 1.29 is 14.1 Å². The molecule has 1 aromatic heterocycles. The van der Waals surface area contributed by atoms with Crippen LogP contribution in [-0.4, -0.2) is 21.8 Å². The summed E-state index contributed by atoms with van der Waals surface area (Å²) in [5.41, 5.74) is 0.403. The van der Waals surface area contributed by atoms with E-state index in [-0.39, 0.29) is 17.6 Å². The maximum atomic E-state index is 12.4. The Hall–Kier alpha value is -2.89. The highest BCUT2D eigenvalue weighted by molar-refractivity contribution is 5.92. The molecule has 3 rings (SSSR count). The van der Waals surface area contributed by atoms with Crippen LogP contribution in [0.2, 0.25) is 0 Å². The number of nitro groups is 1. The van der Waals surface area contributed by atoms with Crippen LogP contribution in [-0.2, 0) is 11.3 Å². The molecule has 0 radical (unpaired) electrons. The van der Waals surface area contributed by atoms with E-state index in [1.165, 1.54) is 18.2 Å². The first-order valence-corrected chi connectivity index (χ1v) is 7.39. The Labute approximate surface area is 133 Å². The first-order chi connectivity index (χ1) is 11.1. The van der Waals surface area contributed by atoms with E-state index in [0.717, 1.165) is 18.6 Å². The van der Waals surface area contributed by atoms with Crippen molar-refractivity contribution in [2.75, 3.05) is 0 Å². The highest BCUT2D eigenvalue weighted by Crippen LogP contribution is 2.29. The van der Waals surface area contributed by atoms with E-state index in [1.807, 2.05) is 6.07 Å². The first-order valence-electron chi connectivity index (χ1n) is 7.39. The molecule has 0 saturated heterocycles. The molecular weight excluding hydrogens is 296 g/mol. The molecule has 1 saturated carbocycles. The molecule has 1 aliphatic carbocycles. The van der Waals surface area contributed by atoms with Gasteiger partial charge in [0.05, 0.1) is 23.3 Å². The van der Waals surface area contributed by atoms with E-state index in [9.17, 15) is 14.9 Å². The standard InChI is InChI=1S/C17H16N2O4/c20-17(10-7-13-4-1-2-6-16(13)19(21)22)18(14-8-9-14)12-15-5-3-11-23-15/h1-7,10-11,14H,8-9,12H2. The van der Waals surface area contributed by atoms with Gasteiger partial charge in [0, 0.05) is 18.2 Å². The number of carbonyl (C=O) groups is 1. The summed E-state index contributed by atoms with van der Waals surface area (Å²) in [6, 6.07) is 10.2. The summed E-state index contributed by atoms with van der Waals surface area (Å²) in [4.78, 5) is 24.7. The number of nitrogens with zero attached hydrogens (tertiary/aromatic N) is 2. The topological polar surface area (TPSA) is 76.6 Å². The predicted octanol–water partition coefficient (Wildman–Crippen LogP) is 3.39. The number of rotatable bonds is 6.